The number of nitrogens with zero attached hydrogens (tertiary/aromatic N) is 2. The topological polar surface area (TPSA) is 56.1 Å². The van der Waals surface area contributed by atoms with Crippen molar-refractivity contribution in [3.8, 4) is 6.07 Å². The number of fused-ring (bicyclic) bond motifs is 1. The molecule has 0 aromatic heterocycles. The zero-order valence-corrected chi connectivity index (χ0v) is 11.9. The van der Waals surface area contributed by atoms with Crippen LogP contribution < -0.4 is 10.2 Å². The molecule has 0 saturated carbocycles. The smallest absolute Gasteiger partial charge is 0.263 e. The largest absolute Gasteiger partial charge is 0.350 e. The number of aryl methyl sites for hydroxylation is 1. The molecule has 1 aliphatic rings. The summed E-state index contributed by atoms with van der Waals surface area (Å²) in [5, 5.41) is 11.7. The number of hydrogen-bond donors (Lipinski definition) is 1. The van der Waals surface area contributed by atoms with Crippen LogP contribution in [0.3, 0.4) is 0 Å². The molecule has 2 rings (SSSR count). The maximum atomic E-state index is 11.8. The van der Waals surface area contributed by atoms with Gasteiger partial charge in [-0.05, 0) is 24.5 Å². The van der Waals surface area contributed by atoms with Crippen molar-refractivity contribution in [3.05, 3.63) is 41.6 Å². The van der Waals surface area contributed by atoms with Crippen LogP contribution in [0, 0.1) is 11.3 Å². The molecule has 1 heterocycles. The number of carbonyl (C=O) groups excluding carboxylic acids is 1. The normalized spacial score (nSPS) is 14.4. The van der Waals surface area contributed by atoms with Gasteiger partial charge in [-0.3, -0.25) is 4.79 Å². The molecular weight excluding hydrogens is 274 g/mol. The maximum absolute atomic E-state index is 11.8. The van der Waals surface area contributed by atoms with Crippen LogP contribution in [-0.4, -0.2) is 24.9 Å². The molecule has 1 amide bonds. The number of anilines is 1. The van der Waals surface area contributed by atoms with E-state index in [1.165, 1.54) is 5.56 Å². The highest BCUT2D eigenvalue weighted by Crippen LogP contribution is 2.27. The number of rotatable bonds is 4. The van der Waals surface area contributed by atoms with E-state index in [9.17, 15) is 4.79 Å². The lowest BCUT2D eigenvalue weighted by Crippen LogP contribution is -2.29. The van der Waals surface area contributed by atoms with Gasteiger partial charge in [0.1, 0.15) is 11.6 Å². The second kappa shape index (κ2) is 6.97. The van der Waals surface area contributed by atoms with Gasteiger partial charge >= 0.3 is 0 Å². The van der Waals surface area contributed by atoms with Gasteiger partial charge in [0.25, 0.3) is 5.91 Å². The summed E-state index contributed by atoms with van der Waals surface area (Å²) in [6, 6.07) is 10.0. The molecule has 0 aliphatic carbocycles. The Kier molecular flexibility index (Phi) is 5.03. The van der Waals surface area contributed by atoms with Crippen molar-refractivity contribution in [1.82, 2.24) is 5.32 Å². The first-order valence-corrected chi connectivity index (χ1v) is 7.10. The molecule has 0 bridgehead atoms. The Balaban J connectivity index is 2.21. The van der Waals surface area contributed by atoms with Crippen LogP contribution in [-0.2, 0) is 11.2 Å². The van der Waals surface area contributed by atoms with Gasteiger partial charge in [-0.25, -0.2) is 0 Å². The first-order valence-electron chi connectivity index (χ1n) is 6.57. The quantitative estimate of drug-likeness (QED) is 0.525. The molecule has 1 aliphatic heterocycles. The van der Waals surface area contributed by atoms with Crippen molar-refractivity contribution in [2.24, 2.45) is 0 Å². The van der Waals surface area contributed by atoms with Gasteiger partial charge in [0.05, 0.1) is 0 Å². The predicted molar refractivity (Wildman–Crippen MR) is 79.5 cm³/mol. The monoisotopic (exact) mass is 289 g/mol. The van der Waals surface area contributed by atoms with Gasteiger partial charge in [-0.2, -0.15) is 5.26 Å². The van der Waals surface area contributed by atoms with Crippen LogP contribution in [0.25, 0.3) is 0 Å². The molecule has 5 heteroatoms. The van der Waals surface area contributed by atoms with Crippen LogP contribution in [0.4, 0.5) is 5.69 Å². The number of amides is 1. The lowest BCUT2D eigenvalue weighted by Gasteiger charge is -2.28. The van der Waals surface area contributed by atoms with Crippen molar-refractivity contribution in [3.63, 3.8) is 0 Å². The number of para-hydroxylation sites is 1. The molecular formula is C15H16ClN3O. The summed E-state index contributed by atoms with van der Waals surface area (Å²) in [4.78, 5) is 13.8. The predicted octanol–water partition coefficient (Wildman–Crippen LogP) is 2.20. The van der Waals surface area contributed by atoms with Crippen molar-refractivity contribution >= 4 is 23.2 Å². The molecule has 1 aromatic rings. The van der Waals surface area contributed by atoms with Crippen LogP contribution in [0.5, 0.6) is 0 Å². The van der Waals surface area contributed by atoms with Crippen molar-refractivity contribution < 1.29 is 4.79 Å². The van der Waals surface area contributed by atoms with E-state index >= 15 is 0 Å². The summed E-state index contributed by atoms with van der Waals surface area (Å²) in [6.07, 6.45) is 3.66. The molecule has 1 aromatic carbocycles. The summed E-state index contributed by atoms with van der Waals surface area (Å²) in [5.74, 6) is -0.0482. The lowest BCUT2D eigenvalue weighted by atomic mass is 10.0. The number of nitrogens with one attached hydrogen (secondary N) is 1. The number of halogens is 1. The van der Waals surface area contributed by atoms with Crippen LogP contribution in [0.15, 0.2) is 36.0 Å². The minimum atomic E-state index is -0.379. The molecule has 0 saturated heterocycles. The second-order valence-electron chi connectivity index (χ2n) is 4.53. The first-order chi connectivity index (χ1) is 9.76. The number of nitriles is 1. The van der Waals surface area contributed by atoms with Gasteiger partial charge < -0.3 is 10.2 Å². The Labute approximate surface area is 123 Å². The Bertz CT molecular complexity index is 562. The maximum Gasteiger partial charge on any atom is 0.263 e. The number of benzene rings is 1. The molecule has 104 valence electrons. The van der Waals surface area contributed by atoms with Crippen LogP contribution in [0.2, 0.25) is 0 Å². The molecule has 0 radical (unpaired) electrons. The lowest BCUT2D eigenvalue weighted by molar-refractivity contribution is -0.117. The Morgan fingerprint density at radius 2 is 2.30 bits per heavy atom. The Morgan fingerprint density at radius 3 is 3.05 bits per heavy atom. The average molecular weight is 290 g/mol. The summed E-state index contributed by atoms with van der Waals surface area (Å²) in [7, 11) is 0. The minimum Gasteiger partial charge on any atom is -0.350 e. The van der Waals surface area contributed by atoms with Crippen molar-refractivity contribution in [2.75, 3.05) is 23.9 Å². The zero-order chi connectivity index (χ0) is 14.4. The van der Waals surface area contributed by atoms with Gasteiger partial charge in [0.15, 0.2) is 0 Å². The third-order valence-electron chi connectivity index (χ3n) is 3.18. The average Bonchev–Trinajstić information content (AvgIpc) is 2.50. The number of hydrogen-bond acceptors (Lipinski definition) is 3. The molecule has 0 spiro atoms. The van der Waals surface area contributed by atoms with E-state index in [1.54, 1.807) is 6.20 Å². The second-order valence-corrected chi connectivity index (χ2v) is 4.90. The summed E-state index contributed by atoms with van der Waals surface area (Å²) >= 11 is 5.52. The summed E-state index contributed by atoms with van der Waals surface area (Å²) < 4.78 is 0. The van der Waals surface area contributed by atoms with Gasteiger partial charge in [-0.15, -0.1) is 11.6 Å². The fourth-order valence-corrected chi connectivity index (χ4v) is 2.34. The van der Waals surface area contributed by atoms with E-state index in [2.05, 4.69) is 11.4 Å². The first kappa shape index (κ1) is 14.4. The highest BCUT2D eigenvalue weighted by molar-refractivity contribution is 6.18. The van der Waals surface area contributed by atoms with E-state index in [-0.39, 0.29) is 11.5 Å². The Morgan fingerprint density at radius 1 is 1.50 bits per heavy atom. The number of carbonyl (C=O) groups is 1. The van der Waals surface area contributed by atoms with Gasteiger partial charge in [0.2, 0.25) is 0 Å². The summed E-state index contributed by atoms with van der Waals surface area (Å²) in [5.41, 5.74) is 2.41. The molecule has 0 fully saturated rings. The van der Waals surface area contributed by atoms with E-state index in [4.69, 9.17) is 16.9 Å². The molecule has 1 N–H and O–H groups in total. The van der Waals surface area contributed by atoms with Crippen molar-refractivity contribution in [1.29, 1.82) is 5.26 Å². The highest BCUT2D eigenvalue weighted by atomic mass is 35.5. The van der Waals surface area contributed by atoms with Crippen molar-refractivity contribution in [2.45, 2.75) is 12.8 Å². The summed E-state index contributed by atoms with van der Waals surface area (Å²) in [6.45, 7) is 1.17. The molecule has 0 atom stereocenters. The van der Waals surface area contributed by atoms with E-state index in [0.29, 0.717) is 12.4 Å². The molecule has 4 nitrogen and oxygen atoms in total. The third kappa shape index (κ3) is 3.31. The van der Waals surface area contributed by atoms with Gasteiger partial charge in [0, 0.05) is 30.9 Å². The van der Waals surface area contributed by atoms with Crippen LogP contribution in [0.1, 0.15) is 12.0 Å². The van der Waals surface area contributed by atoms with E-state index in [1.807, 2.05) is 29.2 Å². The third-order valence-corrected chi connectivity index (χ3v) is 3.37. The van der Waals surface area contributed by atoms with Crippen LogP contribution >= 0.6 is 11.6 Å². The molecule has 0 unspecified atom stereocenters. The standard InChI is InChI=1S/C15H16ClN3O/c16-7-8-18-15(20)13(10-17)11-19-9-3-5-12-4-1-2-6-14(12)19/h1-2,4,6,11H,3,5,7-9H2,(H,18,20)/b13-11-. The fraction of sp³-hybridized carbons (Fsp3) is 0.333. The SMILES string of the molecule is N#C/C(=C/N1CCCc2ccccc21)C(=O)NCCCl. The highest BCUT2D eigenvalue weighted by Gasteiger charge is 2.17. The van der Waals surface area contributed by atoms with Gasteiger partial charge in [-0.1, -0.05) is 18.2 Å². The Hall–Kier alpha value is -1.99. The van der Waals surface area contributed by atoms with E-state index < -0.39 is 0 Å². The minimum absolute atomic E-state index is 0.104. The fourth-order valence-electron chi connectivity index (χ4n) is 2.25. The zero-order valence-electron chi connectivity index (χ0n) is 11.1. The molecule has 20 heavy (non-hydrogen) atoms. The number of alkyl halides is 1. The van der Waals surface area contributed by atoms with E-state index in [0.717, 1.165) is 25.1 Å².